The molecular weight excluding hydrogens is 513 g/mol. The van der Waals surface area contributed by atoms with Crippen LogP contribution in [-0.2, 0) is 19.4 Å². The SMILES string of the molecule is CC(C)N1CCCNc2cc(F)ccc2CN(C(=O)c2ccc3c(c2)CC(C)(Cc2cccc(Cl)c2)O3)CC1. The fourth-order valence-corrected chi connectivity index (χ4v) is 5.92. The van der Waals surface area contributed by atoms with Gasteiger partial charge in [0.1, 0.15) is 17.2 Å². The first-order valence-electron chi connectivity index (χ1n) is 13.8. The van der Waals surface area contributed by atoms with Gasteiger partial charge >= 0.3 is 0 Å². The molecule has 0 aromatic heterocycles. The molecule has 0 radical (unpaired) electrons. The van der Waals surface area contributed by atoms with Gasteiger partial charge in [0.25, 0.3) is 5.91 Å². The Balaban J connectivity index is 1.38. The molecule has 3 aromatic rings. The normalized spacial score (nSPS) is 20.0. The van der Waals surface area contributed by atoms with Crippen LogP contribution in [0.25, 0.3) is 0 Å². The lowest BCUT2D eigenvalue weighted by Gasteiger charge is -2.30. The molecule has 3 aromatic carbocycles. The third-order valence-electron chi connectivity index (χ3n) is 7.74. The predicted octanol–water partition coefficient (Wildman–Crippen LogP) is 6.58. The standard InChI is InChI=1S/C32H37ClFN3O2/c1-22(2)36-13-5-12-35-29-18-28(34)10-8-25(29)21-37(15-14-36)31(38)24-9-11-30-26(17-24)20-32(3,39-30)19-23-6-4-7-27(33)16-23/h4,6-11,16-18,22,35H,5,12-15,19-21H2,1-3H3. The van der Waals surface area contributed by atoms with Crippen LogP contribution in [0.1, 0.15) is 54.2 Å². The van der Waals surface area contributed by atoms with Gasteiger partial charge < -0.3 is 15.0 Å². The fraction of sp³-hybridized carbons (Fsp3) is 0.406. The number of ether oxygens (including phenoxy) is 1. The van der Waals surface area contributed by atoms with Crippen LogP contribution in [0.15, 0.2) is 60.7 Å². The van der Waals surface area contributed by atoms with Crippen molar-refractivity contribution in [3.8, 4) is 5.75 Å². The van der Waals surface area contributed by atoms with Gasteiger partial charge in [-0.15, -0.1) is 0 Å². The van der Waals surface area contributed by atoms with Crippen LogP contribution < -0.4 is 10.1 Å². The maximum absolute atomic E-state index is 14.1. The number of hydrogen-bond acceptors (Lipinski definition) is 4. The lowest BCUT2D eigenvalue weighted by Crippen LogP contribution is -2.41. The summed E-state index contributed by atoms with van der Waals surface area (Å²) in [6.07, 6.45) is 2.38. The number of anilines is 1. The summed E-state index contributed by atoms with van der Waals surface area (Å²) in [6.45, 7) is 9.93. The van der Waals surface area contributed by atoms with Gasteiger partial charge in [-0.3, -0.25) is 9.69 Å². The van der Waals surface area contributed by atoms with E-state index in [1.807, 2.05) is 41.3 Å². The molecule has 206 valence electrons. The van der Waals surface area contributed by atoms with E-state index in [2.05, 4.69) is 37.1 Å². The summed E-state index contributed by atoms with van der Waals surface area (Å²) in [4.78, 5) is 18.2. The van der Waals surface area contributed by atoms with Crippen LogP contribution in [0.5, 0.6) is 5.75 Å². The van der Waals surface area contributed by atoms with Crippen molar-refractivity contribution in [2.24, 2.45) is 0 Å². The Morgan fingerprint density at radius 1 is 1.08 bits per heavy atom. The third-order valence-corrected chi connectivity index (χ3v) is 7.98. The van der Waals surface area contributed by atoms with Crippen molar-refractivity contribution < 1.29 is 13.9 Å². The van der Waals surface area contributed by atoms with Gasteiger partial charge in [-0.2, -0.15) is 0 Å². The van der Waals surface area contributed by atoms with Gasteiger partial charge in [-0.1, -0.05) is 29.8 Å². The Labute approximate surface area is 235 Å². The molecule has 2 heterocycles. The summed E-state index contributed by atoms with van der Waals surface area (Å²) in [7, 11) is 0. The van der Waals surface area contributed by atoms with Crippen LogP contribution in [0.4, 0.5) is 10.1 Å². The Morgan fingerprint density at radius 2 is 1.92 bits per heavy atom. The van der Waals surface area contributed by atoms with E-state index >= 15 is 0 Å². The van der Waals surface area contributed by atoms with E-state index in [1.165, 1.54) is 12.1 Å². The molecule has 1 N–H and O–H groups in total. The number of hydrogen-bond donors (Lipinski definition) is 1. The molecule has 1 amide bonds. The average Bonchev–Trinajstić information content (AvgIpc) is 3.20. The largest absolute Gasteiger partial charge is 0.487 e. The van der Waals surface area contributed by atoms with Crippen LogP contribution in [-0.4, -0.2) is 53.5 Å². The van der Waals surface area contributed by atoms with Crippen LogP contribution in [0.3, 0.4) is 0 Å². The highest BCUT2D eigenvalue weighted by atomic mass is 35.5. The second kappa shape index (κ2) is 11.6. The van der Waals surface area contributed by atoms with E-state index < -0.39 is 5.60 Å². The number of fused-ring (bicyclic) bond motifs is 2. The highest BCUT2D eigenvalue weighted by molar-refractivity contribution is 6.30. The minimum atomic E-state index is -0.407. The Morgan fingerprint density at radius 3 is 2.72 bits per heavy atom. The molecule has 0 saturated heterocycles. The highest BCUT2D eigenvalue weighted by Gasteiger charge is 2.35. The summed E-state index contributed by atoms with van der Waals surface area (Å²) in [6, 6.07) is 18.8. The summed E-state index contributed by atoms with van der Waals surface area (Å²) in [5, 5.41) is 4.11. The highest BCUT2D eigenvalue weighted by Crippen LogP contribution is 2.38. The molecule has 0 saturated carbocycles. The third kappa shape index (κ3) is 6.56. The van der Waals surface area contributed by atoms with Gasteiger partial charge in [0.15, 0.2) is 0 Å². The molecule has 2 aliphatic rings. The predicted molar refractivity (Wildman–Crippen MR) is 155 cm³/mol. The zero-order chi connectivity index (χ0) is 27.6. The molecule has 0 spiro atoms. The quantitative estimate of drug-likeness (QED) is 0.399. The molecule has 1 atom stereocenters. The fourth-order valence-electron chi connectivity index (χ4n) is 5.71. The van der Waals surface area contributed by atoms with Gasteiger partial charge in [0.2, 0.25) is 0 Å². The zero-order valence-electron chi connectivity index (χ0n) is 23.0. The molecule has 7 heteroatoms. The number of amides is 1. The van der Waals surface area contributed by atoms with E-state index in [-0.39, 0.29) is 11.7 Å². The number of carbonyl (C=O) groups excluding carboxylic acids is 1. The van der Waals surface area contributed by atoms with E-state index in [0.717, 1.165) is 60.6 Å². The number of nitrogens with zero attached hydrogens (tertiary/aromatic N) is 2. The molecule has 2 aliphatic heterocycles. The molecule has 5 rings (SSSR count). The van der Waals surface area contributed by atoms with Gasteiger partial charge in [-0.25, -0.2) is 4.39 Å². The van der Waals surface area contributed by atoms with E-state index in [4.69, 9.17) is 16.3 Å². The van der Waals surface area contributed by atoms with Gasteiger partial charge in [0.05, 0.1) is 0 Å². The van der Waals surface area contributed by atoms with Crippen molar-refractivity contribution >= 4 is 23.2 Å². The maximum Gasteiger partial charge on any atom is 0.254 e. The number of rotatable bonds is 4. The minimum Gasteiger partial charge on any atom is -0.487 e. The molecule has 39 heavy (non-hydrogen) atoms. The maximum atomic E-state index is 14.1. The van der Waals surface area contributed by atoms with E-state index in [0.29, 0.717) is 36.1 Å². The lowest BCUT2D eigenvalue weighted by atomic mass is 9.91. The summed E-state index contributed by atoms with van der Waals surface area (Å²) < 4.78 is 20.5. The van der Waals surface area contributed by atoms with Crippen LogP contribution >= 0.6 is 11.6 Å². The van der Waals surface area contributed by atoms with Gasteiger partial charge in [-0.05, 0) is 86.3 Å². The van der Waals surface area contributed by atoms with E-state index in [9.17, 15) is 9.18 Å². The van der Waals surface area contributed by atoms with E-state index in [1.54, 1.807) is 6.07 Å². The average molecular weight is 550 g/mol. The molecule has 0 aliphatic carbocycles. The van der Waals surface area contributed by atoms with Crippen molar-refractivity contribution in [3.63, 3.8) is 0 Å². The monoisotopic (exact) mass is 549 g/mol. The second-order valence-electron chi connectivity index (χ2n) is 11.3. The minimum absolute atomic E-state index is 0.0283. The number of halogens is 2. The van der Waals surface area contributed by atoms with Crippen LogP contribution in [0, 0.1) is 5.82 Å². The van der Waals surface area contributed by atoms with Crippen molar-refractivity contribution in [1.82, 2.24) is 9.80 Å². The summed E-state index contributed by atoms with van der Waals surface area (Å²) >= 11 is 6.20. The smallest absolute Gasteiger partial charge is 0.254 e. The Bertz CT molecular complexity index is 1350. The molecule has 1 unspecified atom stereocenters. The molecule has 5 nitrogen and oxygen atoms in total. The first-order chi connectivity index (χ1) is 18.7. The summed E-state index contributed by atoms with van der Waals surface area (Å²) in [5.74, 6) is 0.515. The van der Waals surface area contributed by atoms with Crippen LogP contribution in [0.2, 0.25) is 5.02 Å². The number of carbonyl (C=O) groups is 1. The zero-order valence-corrected chi connectivity index (χ0v) is 23.7. The Hall–Kier alpha value is -3.09. The van der Waals surface area contributed by atoms with Crippen molar-refractivity contribution in [1.29, 1.82) is 0 Å². The van der Waals surface area contributed by atoms with Crippen molar-refractivity contribution in [2.45, 2.75) is 58.2 Å². The summed E-state index contributed by atoms with van der Waals surface area (Å²) in [5.41, 5.74) is 4.07. The lowest BCUT2D eigenvalue weighted by molar-refractivity contribution is 0.0712. The number of nitrogens with one attached hydrogen (secondary N) is 1. The molecule has 0 fully saturated rings. The first-order valence-corrected chi connectivity index (χ1v) is 14.2. The number of benzene rings is 3. The molecule has 0 bridgehead atoms. The topological polar surface area (TPSA) is 44.8 Å². The van der Waals surface area contributed by atoms with Crippen molar-refractivity contribution in [3.05, 3.63) is 93.8 Å². The van der Waals surface area contributed by atoms with Gasteiger partial charge in [0, 0.05) is 67.9 Å². The first kappa shape index (κ1) is 27.5. The molecular formula is C32H37ClFN3O2. The second-order valence-corrected chi connectivity index (χ2v) is 11.7. The van der Waals surface area contributed by atoms with Crippen molar-refractivity contribution in [2.75, 3.05) is 31.5 Å². The Kier molecular flexibility index (Phi) is 8.15.